The van der Waals surface area contributed by atoms with Gasteiger partial charge in [-0.3, -0.25) is 4.79 Å². The highest BCUT2D eigenvalue weighted by Gasteiger charge is 2.16. The summed E-state index contributed by atoms with van der Waals surface area (Å²) in [6, 6.07) is 21.5. The van der Waals surface area contributed by atoms with Gasteiger partial charge in [0.2, 0.25) is 0 Å². The molecule has 11 heteroatoms. The third-order valence-corrected chi connectivity index (χ3v) is 7.60. The minimum Gasteiger partial charge on any atom is -0.494 e. The maximum absolute atomic E-state index is 13.0. The van der Waals surface area contributed by atoms with Crippen molar-refractivity contribution in [3.05, 3.63) is 84.2 Å². The molecule has 7 N–H and O–H groups in total. The number of thioether (sulfide) groups is 1. The average molecular weight is 571 g/mol. The van der Waals surface area contributed by atoms with Gasteiger partial charge in [-0.2, -0.15) is 11.8 Å². The van der Waals surface area contributed by atoms with Crippen molar-refractivity contribution in [3.8, 4) is 5.75 Å². The van der Waals surface area contributed by atoms with Gasteiger partial charge in [-0.05, 0) is 36.2 Å². The van der Waals surface area contributed by atoms with Gasteiger partial charge in [0.15, 0.2) is 0 Å². The Labute approximate surface area is 236 Å². The average Bonchev–Trinajstić information content (AvgIpc) is 3.37. The van der Waals surface area contributed by atoms with E-state index in [1.54, 1.807) is 18.0 Å². The molecule has 1 unspecified atom stereocenters. The highest BCUT2D eigenvalue weighted by molar-refractivity contribution is 8.00. The van der Waals surface area contributed by atoms with E-state index in [2.05, 4.69) is 39.1 Å². The Morgan fingerprint density at radius 3 is 2.62 bits per heavy atom. The van der Waals surface area contributed by atoms with Crippen LogP contribution in [0, 0.1) is 0 Å². The lowest BCUT2D eigenvalue weighted by atomic mass is 10.2. The number of pyridine rings is 1. The fourth-order valence-electron chi connectivity index (χ4n) is 3.65. The predicted octanol–water partition coefficient (Wildman–Crippen LogP) is 4.44. The largest absolute Gasteiger partial charge is 0.494 e. The second-order valence-corrected chi connectivity index (χ2v) is 10.5. The minimum atomic E-state index is -0.216. The molecule has 2 aromatic heterocycles. The van der Waals surface area contributed by atoms with Crippen LogP contribution in [0.25, 0.3) is 10.9 Å². The Morgan fingerprint density at radius 1 is 1.10 bits per heavy atom. The van der Waals surface area contributed by atoms with E-state index in [1.165, 1.54) is 17.5 Å². The van der Waals surface area contributed by atoms with Crippen molar-refractivity contribution >= 4 is 52.5 Å². The SMILES string of the molecule is CCCOc1cc(NSc2ccccn2)c2[nH]c(C(=O)NCC(CC=O)SCc3ccccc3)cc2c1.O.O. The van der Waals surface area contributed by atoms with Crippen molar-refractivity contribution in [1.29, 1.82) is 0 Å². The zero-order valence-corrected chi connectivity index (χ0v) is 23.2. The molecule has 0 radical (unpaired) electrons. The molecule has 1 amide bonds. The van der Waals surface area contributed by atoms with E-state index >= 15 is 0 Å². The Morgan fingerprint density at radius 2 is 1.90 bits per heavy atom. The summed E-state index contributed by atoms with van der Waals surface area (Å²) in [5.74, 6) is 1.30. The molecule has 0 saturated carbocycles. The van der Waals surface area contributed by atoms with Crippen molar-refractivity contribution in [1.82, 2.24) is 15.3 Å². The van der Waals surface area contributed by atoms with Crippen LogP contribution in [-0.2, 0) is 10.5 Å². The van der Waals surface area contributed by atoms with Gasteiger partial charge in [0, 0.05) is 53.6 Å². The van der Waals surface area contributed by atoms with E-state index in [1.807, 2.05) is 54.6 Å². The number of aromatic amines is 1. The van der Waals surface area contributed by atoms with Crippen LogP contribution in [0.2, 0.25) is 0 Å². The molecule has 0 aliphatic carbocycles. The van der Waals surface area contributed by atoms with Crippen molar-refractivity contribution in [2.24, 2.45) is 0 Å². The van der Waals surface area contributed by atoms with Gasteiger partial charge < -0.3 is 35.5 Å². The lowest BCUT2D eigenvalue weighted by Crippen LogP contribution is -2.31. The van der Waals surface area contributed by atoms with Gasteiger partial charge in [0.25, 0.3) is 5.91 Å². The van der Waals surface area contributed by atoms with Crippen molar-refractivity contribution in [2.75, 3.05) is 17.9 Å². The number of nitrogens with one attached hydrogen (secondary N) is 3. The van der Waals surface area contributed by atoms with Gasteiger partial charge in [0.05, 0.1) is 17.8 Å². The summed E-state index contributed by atoms with van der Waals surface area (Å²) < 4.78 is 9.22. The van der Waals surface area contributed by atoms with E-state index in [0.717, 1.165) is 45.8 Å². The maximum Gasteiger partial charge on any atom is 0.267 e. The normalized spacial score (nSPS) is 11.1. The summed E-state index contributed by atoms with van der Waals surface area (Å²) in [5.41, 5.74) is 3.25. The predicted molar refractivity (Wildman–Crippen MR) is 160 cm³/mol. The first-order chi connectivity index (χ1) is 18.2. The van der Waals surface area contributed by atoms with Gasteiger partial charge in [-0.15, -0.1) is 0 Å². The van der Waals surface area contributed by atoms with Crippen molar-refractivity contribution < 1.29 is 25.3 Å². The smallest absolute Gasteiger partial charge is 0.267 e. The molecule has 0 bridgehead atoms. The molecule has 4 rings (SSSR count). The molecule has 0 aliphatic rings. The number of amides is 1. The number of anilines is 1. The Kier molecular flexibility index (Phi) is 13.4. The van der Waals surface area contributed by atoms with Gasteiger partial charge in [-0.1, -0.05) is 43.3 Å². The summed E-state index contributed by atoms with van der Waals surface area (Å²) in [5, 5.41) is 4.68. The standard InChI is InChI=1S/C28H30N4O3S2.2H2O/c1-2-14-35-22-15-21-16-25(31-27(21)24(17-22)32-37-26-10-6-7-12-29-26)28(34)30-18-23(11-13-33)36-19-20-8-4-3-5-9-20;;/h3-10,12-13,15-17,23,31-32H,2,11,14,18-19H2,1H3,(H,30,34);2*1H2. The van der Waals surface area contributed by atoms with Crippen LogP contribution in [0.15, 0.2) is 78.0 Å². The Bertz CT molecular complexity index is 1310. The summed E-state index contributed by atoms with van der Waals surface area (Å²) in [6.07, 6.45) is 3.93. The van der Waals surface area contributed by atoms with Gasteiger partial charge in [-0.25, -0.2) is 4.98 Å². The monoisotopic (exact) mass is 570 g/mol. The number of carbonyl (C=O) groups excluding carboxylic acids is 2. The minimum absolute atomic E-state index is 0. The van der Waals surface area contributed by atoms with Crippen molar-refractivity contribution in [2.45, 2.75) is 35.8 Å². The van der Waals surface area contributed by atoms with Crippen molar-refractivity contribution in [3.63, 3.8) is 0 Å². The number of carbonyl (C=O) groups is 2. The molecule has 208 valence electrons. The molecular formula is C28H34N4O5S2. The number of aromatic nitrogens is 2. The zero-order chi connectivity index (χ0) is 25.9. The fraction of sp³-hybridized carbons (Fsp3) is 0.250. The Hall–Kier alpha value is -3.51. The number of benzene rings is 2. The lowest BCUT2D eigenvalue weighted by Gasteiger charge is -2.14. The third-order valence-electron chi connectivity index (χ3n) is 5.50. The lowest BCUT2D eigenvalue weighted by molar-refractivity contribution is -0.107. The number of nitrogens with zero attached hydrogens (tertiary/aromatic N) is 1. The van der Waals surface area contributed by atoms with E-state index in [9.17, 15) is 9.59 Å². The van der Waals surface area contributed by atoms with Crippen LogP contribution < -0.4 is 14.8 Å². The van der Waals surface area contributed by atoms with Crippen LogP contribution in [-0.4, -0.2) is 51.5 Å². The highest BCUT2D eigenvalue weighted by Crippen LogP contribution is 2.32. The number of rotatable bonds is 14. The third kappa shape index (κ3) is 9.32. The molecule has 9 nitrogen and oxygen atoms in total. The fourth-order valence-corrected chi connectivity index (χ4v) is 5.32. The summed E-state index contributed by atoms with van der Waals surface area (Å²) in [4.78, 5) is 31.8. The molecule has 0 fully saturated rings. The van der Waals surface area contributed by atoms with Gasteiger partial charge in [0.1, 0.15) is 22.8 Å². The second kappa shape index (κ2) is 16.5. The topological polar surface area (TPSA) is 159 Å². The molecule has 0 aliphatic heterocycles. The molecule has 2 aromatic carbocycles. The van der Waals surface area contributed by atoms with E-state index in [-0.39, 0.29) is 22.1 Å². The first-order valence-electron chi connectivity index (χ1n) is 12.2. The first-order valence-corrected chi connectivity index (χ1v) is 14.0. The van der Waals surface area contributed by atoms with E-state index in [0.29, 0.717) is 25.3 Å². The molecule has 1 atom stereocenters. The molecule has 0 spiro atoms. The molecule has 4 aromatic rings. The number of H-pyrrole nitrogens is 1. The van der Waals surface area contributed by atoms with Crippen LogP contribution in [0.4, 0.5) is 5.69 Å². The maximum atomic E-state index is 13.0. The number of hydrogen-bond donors (Lipinski definition) is 3. The second-order valence-electron chi connectivity index (χ2n) is 8.37. The number of ether oxygens (including phenoxy) is 1. The number of aldehydes is 1. The van der Waals surface area contributed by atoms with Crippen LogP contribution in [0.5, 0.6) is 5.75 Å². The molecular weight excluding hydrogens is 536 g/mol. The van der Waals surface area contributed by atoms with E-state index < -0.39 is 0 Å². The summed E-state index contributed by atoms with van der Waals surface area (Å²) in [6.45, 7) is 3.06. The molecule has 2 heterocycles. The van der Waals surface area contributed by atoms with Crippen LogP contribution in [0.3, 0.4) is 0 Å². The van der Waals surface area contributed by atoms with Gasteiger partial charge >= 0.3 is 0 Å². The first kappa shape index (κ1) is 31.7. The number of hydrogen-bond acceptors (Lipinski definition) is 7. The summed E-state index contributed by atoms with van der Waals surface area (Å²) in [7, 11) is 0. The summed E-state index contributed by atoms with van der Waals surface area (Å²) >= 11 is 3.06. The van der Waals surface area contributed by atoms with E-state index in [4.69, 9.17) is 4.74 Å². The Balaban J connectivity index is 0.00000267. The number of fused-ring (bicyclic) bond motifs is 1. The zero-order valence-electron chi connectivity index (χ0n) is 21.6. The van der Waals surface area contributed by atoms with Crippen LogP contribution in [0.1, 0.15) is 35.8 Å². The van der Waals surface area contributed by atoms with Crippen LogP contribution >= 0.6 is 23.7 Å². The molecule has 0 saturated heterocycles. The highest BCUT2D eigenvalue weighted by atomic mass is 32.2. The quantitative estimate of drug-likeness (QED) is 0.149. The molecule has 39 heavy (non-hydrogen) atoms.